The molecule has 0 fully saturated rings. The number of nitriles is 1. The highest BCUT2D eigenvalue weighted by Gasteiger charge is 2.35. The quantitative estimate of drug-likeness (QED) is 0.704. The lowest BCUT2D eigenvalue weighted by atomic mass is 9.79. The molecule has 1 aliphatic rings. The predicted octanol–water partition coefficient (Wildman–Crippen LogP) is 4.87. The van der Waals surface area contributed by atoms with Crippen LogP contribution in [0.15, 0.2) is 60.0 Å². The van der Waals surface area contributed by atoms with E-state index in [0.29, 0.717) is 28.8 Å². The van der Waals surface area contributed by atoms with Crippen molar-refractivity contribution in [1.29, 1.82) is 5.26 Å². The van der Waals surface area contributed by atoms with E-state index in [4.69, 9.17) is 10.5 Å². The molecule has 1 atom stereocenters. The van der Waals surface area contributed by atoms with Gasteiger partial charge in [-0.2, -0.15) is 5.26 Å². The Balaban J connectivity index is 2.10. The summed E-state index contributed by atoms with van der Waals surface area (Å²) in [6.07, 6.45) is -0.185. The molecule has 0 radical (unpaired) electrons. The molecule has 0 spiro atoms. The molecule has 0 saturated carbocycles. The number of allylic oxidation sites excluding steroid dienone is 1. The normalized spacial score (nSPS) is 16.0. The summed E-state index contributed by atoms with van der Waals surface area (Å²) in [5, 5.41) is 10.8. The first-order valence-corrected chi connectivity index (χ1v) is 8.20. The fraction of sp³-hybridized carbons (Fsp3) is 0.0952. The fourth-order valence-corrected chi connectivity index (χ4v) is 3.58. The third-order valence-corrected chi connectivity index (χ3v) is 4.71. The largest absolute Gasteiger partial charge is 0.441 e. The lowest BCUT2D eigenvalue weighted by Crippen LogP contribution is -2.23. The summed E-state index contributed by atoms with van der Waals surface area (Å²) in [7, 11) is 0. The van der Waals surface area contributed by atoms with Crippen LogP contribution >= 0.6 is 0 Å². The van der Waals surface area contributed by atoms with E-state index in [1.54, 1.807) is 18.2 Å². The third kappa shape index (κ3) is 2.68. The van der Waals surface area contributed by atoms with E-state index in [1.165, 1.54) is 0 Å². The van der Waals surface area contributed by atoms with E-state index in [1.807, 2.05) is 24.3 Å². The monoisotopic (exact) mass is 366 g/mol. The maximum Gasteiger partial charge on any atom is 0.192 e. The van der Waals surface area contributed by atoms with Crippen LogP contribution in [-0.2, 0) is 0 Å². The van der Waals surface area contributed by atoms with Gasteiger partial charge in [0.15, 0.2) is 5.88 Å². The Morgan fingerprint density at radius 3 is 2.41 bits per heavy atom. The average Bonchev–Trinajstić information content (AvgIpc) is 2.63. The Labute approximate surface area is 153 Å². The summed E-state index contributed by atoms with van der Waals surface area (Å²) in [6, 6.07) is 14.0. The van der Waals surface area contributed by atoms with Crippen molar-refractivity contribution in [2.45, 2.75) is 12.3 Å². The van der Waals surface area contributed by atoms with Gasteiger partial charge in [0, 0.05) is 34.8 Å². The van der Waals surface area contributed by atoms with Gasteiger partial charge < -0.3 is 10.5 Å². The van der Waals surface area contributed by atoms with Crippen molar-refractivity contribution in [3.8, 4) is 11.8 Å². The van der Waals surface area contributed by atoms with Crippen molar-refractivity contribution in [2.24, 2.45) is 5.73 Å². The summed E-state index contributed by atoms with van der Waals surface area (Å²) >= 11 is 0. The second-order valence-electron chi connectivity index (χ2n) is 6.24. The minimum atomic E-state index is -1.04. The van der Waals surface area contributed by atoms with Gasteiger partial charge in [0.05, 0.1) is 12.5 Å². The summed E-state index contributed by atoms with van der Waals surface area (Å²) < 4.78 is 48.4. The Kier molecular flexibility index (Phi) is 4.00. The molecule has 3 aromatic rings. The molecular weight excluding hydrogens is 353 g/mol. The number of fused-ring (bicyclic) bond motifs is 3. The molecule has 6 heteroatoms. The van der Waals surface area contributed by atoms with E-state index in [-0.39, 0.29) is 23.4 Å². The van der Waals surface area contributed by atoms with Gasteiger partial charge in [-0.1, -0.05) is 30.3 Å². The molecule has 0 aliphatic carbocycles. The van der Waals surface area contributed by atoms with Gasteiger partial charge >= 0.3 is 0 Å². The van der Waals surface area contributed by atoms with Crippen LogP contribution < -0.4 is 10.5 Å². The molecule has 2 N–H and O–H groups in total. The maximum atomic E-state index is 14.7. The number of benzene rings is 3. The van der Waals surface area contributed by atoms with Crippen LogP contribution in [0.25, 0.3) is 10.8 Å². The number of rotatable bonds is 2. The van der Waals surface area contributed by atoms with Crippen LogP contribution in [0.4, 0.5) is 13.2 Å². The number of halogens is 3. The van der Waals surface area contributed by atoms with Crippen LogP contribution in [0.1, 0.15) is 23.5 Å². The number of nitrogens with zero attached hydrogens (tertiary/aromatic N) is 1. The van der Waals surface area contributed by atoms with Crippen molar-refractivity contribution in [3.05, 3.63) is 88.6 Å². The van der Waals surface area contributed by atoms with E-state index in [0.717, 1.165) is 5.39 Å². The zero-order valence-corrected chi connectivity index (χ0v) is 14.0. The molecular formula is C21H13F3N2O. The topological polar surface area (TPSA) is 59.0 Å². The molecule has 1 heterocycles. The molecule has 0 amide bonds. The van der Waals surface area contributed by atoms with Crippen molar-refractivity contribution in [1.82, 2.24) is 0 Å². The first-order chi connectivity index (χ1) is 13.0. The SMILES string of the molecule is N#CCC1=C(N)Oc2ccc3ccccc3c2C1c1c(F)cc(F)cc1F. The molecule has 0 saturated heterocycles. The second-order valence-corrected chi connectivity index (χ2v) is 6.24. The van der Waals surface area contributed by atoms with Gasteiger partial charge in [-0.3, -0.25) is 0 Å². The van der Waals surface area contributed by atoms with E-state index >= 15 is 0 Å². The Hall–Kier alpha value is -3.46. The maximum absolute atomic E-state index is 14.7. The van der Waals surface area contributed by atoms with Crippen molar-refractivity contribution >= 4 is 10.8 Å². The van der Waals surface area contributed by atoms with Crippen LogP contribution in [0.3, 0.4) is 0 Å². The zero-order chi connectivity index (χ0) is 19.1. The number of hydrogen-bond donors (Lipinski definition) is 1. The lowest BCUT2D eigenvalue weighted by Gasteiger charge is -2.30. The lowest BCUT2D eigenvalue weighted by molar-refractivity contribution is 0.385. The minimum absolute atomic E-state index is 0.0764. The highest BCUT2D eigenvalue weighted by atomic mass is 19.1. The van der Waals surface area contributed by atoms with Gasteiger partial charge in [-0.05, 0) is 16.8 Å². The van der Waals surface area contributed by atoms with Crippen molar-refractivity contribution < 1.29 is 17.9 Å². The molecule has 3 nitrogen and oxygen atoms in total. The van der Waals surface area contributed by atoms with Gasteiger partial charge in [-0.25, -0.2) is 13.2 Å². The third-order valence-electron chi connectivity index (χ3n) is 4.71. The van der Waals surface area contributed by atoms with Crippen molar-refractivity contribution in [2.75, 3.05) is 0 Å². The predicted molar refractivity (Wildman–Crippen MR) is 94.2 cm³/mol. The molecule has 27 heavy (non-hydrogen) atoms. The molecule has 1 unspecified atom stereocenters. The molecule has 0 aromatic heterocycles. The highest BCUT2D eigenvalue weighted by Crippen LogP contribution is 2.47. The summed E-state index contributed by atoms with van der Waals surface area (Å²) in [4.78, 5) is 0. The molecule has 4 rings (SSSR count). The highest BCUT2D eigenvalue weighted by molar-refractivity contribution is 5.89. The molecule has 3 aromatic carbocycles. The first-order valence-electron chi connectivity index (χ1n) is 8.20. The minimum Gasteiger partial charge on any atom is -0.441 e. The van der Waals surface area contributed by atoms with Crippen LogP contribution in [0.5, 0.6) is 5.75 Å². The fourth-order valence-electron chi connectivity index (χ4n) is 3.58. The zero-order valence-electron chi connectivity index (χ0n) is 14.0. The summed E-state index contributed by atoms with van der Waals surface area (Å²) in [6.45, 7) is 0. The Bertz CT molecular complexity index is 1120. The number of hydrogen-bond acceptors (Lipinski definition) is 3. The Morgan fingerprint density at radius 1 is 1.00 bits per heavy atom. The van der Waals surface area contributed by atoms with Gasteiger partial charge in [0.25, 0.3) is 0 Å². The summed E-state index contributed by atoms with van der Waals surface area (Å²) in [5.41, 5.74) is 6.35. The van der Waals surface area contributed by atoms with E-state index in [9.17, 15) is 18.4 Å². The van der Waals surface area contributed by atoms with Crippen molar-refractivity contribution in [3.63, 3.8) is 0 Å². The van der Waals surface area contributed by atoms with Gasteiger partial charge in [0.2, 0.25) is 0 Å². The molecule has 134 valence electrons. The summed E-state index contributed by atoms with van der Waals surface area (Å²) in [5.74, 6) is -3.82. The number of nitrogens with two attached hydrogens (primary N) is 1. The van der Waals surface area contributed by atoms with Crippen LogP contribution in [-0.4, -0.2) is 0 Å². The smallest absolute Gasteiger partial charge is 0.192 e. The Morgan fingerprint density at radius 2 is 1.70 bits per heavy atom. The number of ether oxygens (including phenoxy) is 1. The van der Waals surface area contributed by atoms with Gasteiger partial charge in [0.1, 0.15) is 23.2 Å². The standard InChI is InChI=1S/C21H13F3N2O/c22-12-9-15(23)20(16(24)10-12)19-14(7-8-25)21(26)27-17-6-5-11-3-1-2-4-13(11)18(17)19/h1-6,9-10,19H,7,26H2. The average molecular weight is 366 g/mol. The van der Waals surface area contributed by atoms with E-state index in [2.05, 4.69) is 0 Å². The first kappa shape index (κ1) is 17.0. The van der Waals surface area contributed by atoms with Crippen LogP contribution in [0.2, 0.25) is 0 Å². The van der Waals surface area contributed by atoms with E-state index < -0.39 is 23.4 Å². The molecule has 0 bridgehead atoms. The van der Waals surface area contributed by atoms with Gasteiger partial charge in [-0.15, -0.1) is 0 Å². The molecule has 1 aliphatic heterocycles. The van der Waals surface area contributed by atoms with Crippen LogP contribution in [0, 0.1) is 28.8 Å². The second kappa shape index (κ2) is 6.36.